The van der Waals surface area contributed by atoms with E-state index in [0.29, 0.717) is 48.5 Å². The van der Waals surface area contributed by atoms with Gasteiger partial charge < -0.3 is 9.52 Å². The molecule has 8 heteroatoms. The molecule has 1 saturated heterocycles. The highest BCUT2D eigenvalue weighted by Gasteiger charge is 2.34. The second kappa shape index (κ2) is 7.14. The fraction of sp³-hybridized carbons (Fsp3) is 0.500. The molecule has 3 rings (SSSR count). The van der Waals surface area contributed by atoms with E-state index in [1.165, 1.54) is 12.1 Å². The van der Waals surface area contributed by atoms with Crippen LogP contribution in [0.4, 0.5) is 4.39 Å². The van der Waals surface area contributed by atoms with E-state index >= 15 is 0 Å². The van der Waals surface area contributed by atoms with Crippen LogP contribution >= 0.6 is 11.6 Å². The minimum absolute atomic E-state index is 0.0838. The van der Waals surface area contributed by atoms with Gasteiger partial charge in [-0.05, 0) is 25.2 Å². The van der Waals surface area contributed by atoms with Crippen LogP contribution < -0.4 is 0 Å². The fourth-order valence-corrected chi connectivity index (χ4v) is 3.24. The van der Waals surface area contributed by atoms with Crippen molar-refractivity contribution in [2.24, 2.45) is 0 Å². The van der Waals surface area contributed by atoms with Gasteiger partial charge in [0.1, 0.15) is 5.82 Å². The van der Waals surface area contributed by atoms with Gasteiger partial charge in [0.15, 0.2) is 0 Å². The van der Waals surface area contributed by atoms with Crippen LogP contribution in [0.25, 0.3) is 0 Å². The average molecular weight is 355 g/mol. The molecule has 24 heavy (non-hydrogen) atoms. The first-order valence-electron chi connectivity index (χ1n) is 7.76. The number of aliphatic hydroxyl groups excluding tert-OH is 1. The number of aryl methyl sites for hydroxylation is 1. The molecule has 1 N–H and O–H groups in total. The molecule has 1 fully saturated rings. The summed E-state index contributed by atoms with van der Waals surface area (Å²) in [5.74, 6) is 0.747. The minimum atomic E-state index is -0.527. The van der Waals surface area contributed by atoms with Gasteiger partial charge in [0.05, 0.1) is 12.6 Å². The second-order valence-electron chi connectivity index (χ2n) is 6.19. The number of likely N-dealkylation sites (N-methyl/N-ethyl adjacent to an activating group) is 1. The standard InChI is InChI=1S/C16H20ClFN4O2/c1-10-19-20-16(24-10)9-21(2)14-7-22(8-15(14)23)6-11-5-12(17)3-4-13(11)18/h3-5,14-15,23H,6-9H2,1-2H3/t14-,15-/m1/s1. The lowest BCUT2D eigenvalue weighted by molar-refractivity contribution is 0.0898. The molecule has 0 radical (unpaired) electrons. The number of rotatable bonds is 5. The zero-order chi connectivity index (χ0) is 17.3. The van der Waals surface area contributed by atoms with Gasteiger partial charge in [-0.25, -0.2) is 4.39 Å². The lowest BCUT2D eigenvalue weighted by Crippen LogP contribution is -2.40. The van der Waals surface area contributed by atoms with Crippen molar-refractivity contribution in [3.63, 3.8) is 0 Å². The van der Waals surface area contributed by atoms with Crippen molar-refractivity contribution in [3.05, 3.63) is 46.4 Å². The maximum atomic E-state index is 13.9. The number of aliphatic hydroxyl groups is 1. The van der Waals surface area contributed by atoms with Gasteiger partial charge in [-0.2, -0.15) is 0 Å². The van der Waals surface area contributed by atoms with Crippen LogP contribution in [-0.4, -0.2) is 57.4 Å². The molecule has 0 amide bonds. The van der Waals surface area contributed by atoms with E-state index in [1.807, 2.05) is 16.8 Å². The molecule has 2 aromatic rings. The summed E-state index contributed by atoms with van der Waals surface area (Å²) >= 11 is 5.94. The van der Waals surface area contributed by atoms with Crippen LogP contribution in [0.2, 0.25) is 5.02 Å². The molecule has 0 aliphatic carbocycles. The predicted octanol–water partition coefficient (Wildman–Crippen LogP) is 1.85. The van der Waals surface area contributed by atoms with Gasteiger partial charge in [-0.15, -0.1) is 10.2 Å². The number of hydrogen-bond donors (Lipinski definition) is 1. The fourth-order valence-electron chi connectivity index (χ4n) is 3.05. The molecule has 1 aliphatic heterocycles. The van der Waals surface area contributed by atoms with Gasteiger partial charge in [-0.3, -0.25) is 9.80 Å². The summed E-state index contributed by atoms with van der Waals surface area (Å²) in [6.45, 7) is 3.71. The highest BCUT2D eigenvalue weighted by Crippen LogP contribution is 2.22. The number of halogens is 2. The Hall–Kier alpha value is -1.54. The Morgan fingerprint density at radius 1 is 1.42 bits per heavy atom. The molecular weight excluding hydrogens is 335 g/mol. The van der Waals surface area contributed by atoms with Crippen LogP contribution in [0.3, 0.4) is 0 Å². The first-order chi connectivity index (χ1) is 11.4. The van der Waals surface area contributed by atoms with E-state index in [0.717, 1.165) is 0 Å². The highest BCUT2D eigenvalue weighted by molar-refractivity contribution is 6.30. The largest absolute Gasteiger partial charge is 0.424 e. The maximum absolute atomic E-state index is 13.9. The third kappa shape index (κ3) is 3.92. The Morgan fingerprint density at radius 2 is 2.21 bits per heavy atom. The van der Waals surface area contributed by atoms with E-state index in [4.69, 9.17) is 16.0 Å². The van der Waals surface area contributed by atoms with E-state index < -0.39 is 6.10 Å². The minimum Gasteiger partial charge on any atom is -0.424 e. The summed E-state index contributed by atoms with van der Waals surface area (Å²) in [5.41, 5.74) is 0.533. The number of aromatic nitrogens is 2. The van der Waals surface area contributed by atoms with Crippen LogP contribution in [-0.2, 0) is 13.1 Å². The summed E-state index contributed by atoms with van der Waals surface area (Å²) in [6, 6.07) is 4.44. The number of hydrogen-bond acceptors (Lipinski definition) is 6. The van der Waals surface area contributed by atoms with Crippen LogP contribution in [0.5, 0.6) is 0 Å². The third-order valence-electron chi connectivity index (χ3n) is 4.26. The van der Waals surface area contributed by atoms with Crippen molar-refractivity contribution in [1.29, 1.82) is 0 Å². The van der Waals surface area contributed by atoms with Crippen molar-refractivity contribution in [3.8, 4) is 0 Å². The second-order valence-corrected chi connectivity index (χ2v) is 6.63. The van der Waals surface area contributed by atoms with Crippen LogP contribution in [0.1, 0.15) is 17.3 Å². The third-order valence-corrected chi connectivity index (χ3v) is 4.49. The van der Waals surface area contributed by atoms with Crippen molar-refractivity contribution in [1.82, 2.24) is 20.0 Å². The Bertz CT molecular complexity index is 711. The number of benzene rings is 1. The van der Waals surface area contributed by atoms with Crippen molar-refractivity contribution in [2.45, 2.75) is 32.2 Å². The summed E-state index contributed by atoms with van der Waals surface area (Å²) < 4.78 is 19.3. The van der Waals surface area contributed by atoms with E-state index in [1.54, 1.807) is 13.0 Å². The van der Waals surface area contributed by atoms with E-state index in [2.05, 4.69) is 10.2 Å². The van der Waals surface area contributed by atoms with Gasteiger partial charge in [0.25, 0.3) is 0 Å². The predicted molar refractivity (Wildman–Crippen MR) is 87.0 cm³/mol. The summed E-state index contributed by atoms with van der Waals surface area (Å²) in [4.78, 5) is 3.99. The number of nitrogens with zero attached hydrogens (tertiary/aromatic N) is 4. The van der Waals surface area contributed by atoms with Crippen molar-refractivity contribution >= 4 is 11.6 Å². The van der Waals surface area contributed by atoms with Crippen molar-refractivity contribution in [2.75, 3.05) is 20.1 Å². The quantitative estimate of drug-likeness (QED) is 0.884. The first kappa shape index (κ1) is 17.3. The smallest absolute Gasteiger partial charge is 0.230 e. The zero-order valence-corrected chi connectivity index (χ0v) is 14.4. The molecule has 0 saturated carbocycles. The SMILES string of the molecule is Cc1nnc(CN(C)[C@@H]2CN(Cc3cc(Cl)ccc3F)C[C@H]2O)o1. The topological polar surface area (TPSA) is 65.6 Å². The highest BCUT2D eigenvalue weighted by atomic mass is 35.5. The monoisotopic (exact) mass is 354 g/mol. The zero-order valence-electron chi connectivity index (χ0n) is 13.6. The lowest BCUT2D eigenvalue weighted by atomic mass is 10.2. The Balaban J connectivity index is 1.62. The molecule has 1 aliphatic rings. The summed E-state index contributed by atoms with van der Waals surface area (Å²) in [7, 11) is 1.90. The van der Waals surface area contributed by atoms with Gasteiger partial charge in [0.2, 0.25) is 11.8 Å². The molecule has 130 valence electrons. The van der Waals surface area contributed by atoms with Crippen LogP contribution in [0.15, 0.2) is 22.6 Å². The van der Waals surface area contributed by atoms with E-state index in [-0.39, 0.29) is 11.9 Å². The van der Waals surface area contributed by atoms with E-state index in [9.17, 15) is 9.50 Å². The van der Waals surface area contributed by atoms with Gasteiger partial charge in [0, 0.05) is 43.2 Å². The molecule has 1 aromatic carbocycles. The van der Waals surface area contributed by atoms with Gasteiger partial charge >= 0.3 is 0 Å². The maximum Gasteiger partial charge on any atom is 0.230 e. The Labute approximate surface area is 144 Å². The molecule has 6 nitrogen and oxygen atoms in total. The van der Waals surface area contributed by atoms with Gasteiger partial charge in [-0.1, -0.05) is 11.6 Å². The summed E-state index contributed by atoms with van der Waals surface area (Å²) in [6.07, 6.45) is -0.527. The van der Waals surface area contributed by atoms with Crippen molar-refractivity contribution < 1.29 is 13.9 Å². The molecule has 1 aromatic heterocycles. The van der Waals surface area contributed by atoms with Crippen LogP contribution in [0, 0.1) is 12.7 Å². The molecule has 2 atom stereocenters. The Kier molecular flexibility index (Phi) is 5.15. The molecular formula is C16H20ClFN4O2. The first-order valence-corrected chi connectivity index (χ1v) is 8.13. The average Bonchev–Trinajstić information content (AvgIpc) is 3.09. The molecule has 0 bridgehead atoms. The summed E-state index contributed by atoms with van der Waals surface area (Å²) in [5, 5.41) is 18.6. The number of likely N-dealkylation sites (tertiary alicyclic amines) is 1. The Morgan fingerprint density at radius 3 is 2.92 bits per heavy atom. The molecule has 0 unspecified atom stereocenters. The lowest BCUT2D eigenvalue weighted by Gasteiger charge is -2.25. The number of β-amino-alcohol motifs (C(OH)–C–C–N with tert-alkyl or cyclic N) is 1. The molecule has 0 spiro atoms. The molecule has 2 heterocycles. The normalized spacial score (nSPS) is 21.8.